The zero-order valence-electron chi connectivity index (χ0n) is 22.4. The fourth-order valence-corrected chi connectivity index (χ4v) is 7.51. The van der Waals surface area contributed by atoms with Crippen molar-refractivity contribution in [3.05, 3.63) is 71.7 Å². The summed E-state index contributed by atoms with van der Waals surface area (Å²) < 4.78 is 12.2. The van der Waals surface area contributed by atoms with Gasteiger partial charge in [-0.25, -0.2) is 0 Å². The van der Waals surface area contributed by atoms with E-state index < -0.39 is 0 Å². The summed E-state index contributed by atoms with van der Waals surface area (Å²) in [6, 6.07) is 12.8. The van der Waals surface area contributed by atoms with Gasteiger partial charge in [0.1, 0.15) is 13.1 Å². The molecule has 190 valence electrons. The number of quaternary nitrogens is 1. The molecule has 1 heterocycles. The van der Waals surface area contributed by atoms with E-state index >= 15 is 0 Å². The van der Waals surface area contributed by atoms with E-state index in [0.717, 1.165) is 68.3 Å². The van der Waals surface area contributed by atoms with Crippen molar-refractivity contribution in [3.63, 3.8) is 0 Å². The molecule has 4 nitrogen and oxygen atoms in total. The Hall–Kier alpha value is -2.33. The van der Waals surface area contributed by atoms with Crippen molar-refractivity contribution in [2.45, 2.75) is 71.9 Å². The molecular weight excluding hydrogens is 434 g/mol. The number of nitrogens with zero attached hydrogens (tertiary/aromatic N) is 1. The fourth-order valence-electron chi connectivity index (χ4n) is 7.51. The van der Waals surface area contributed by atoms with E-state index in [1.807, 2.05) is 6.26 Å². The first-order chi connectivity index (χ1) is 16.6. The van der Waals surface area contributed by atoms with Gasteiger partial charge >= 0.3 is 5.97 Å². The van der Waals surface area contributed by atoms with E-state index in [1.165, 1.54) is 23.8 Å². The summed E-state index contributed by atoms with van der Waals surface area (Å²) in [4.78, 5) is 12.9. The Labute approximate surface area is 211 Å². The topological polar surface area (TPSA) is 39.4 Å². The van der Waals surface area contributed by atoms with Gasteiger partial charge in [0.15, 0.2) is 5.76 Å². The molecule has 35 heavy (non-hydrogen) atoms. The fraction of sp³-hybridized carbons (Fsp3) is 0.581. The number of rotatable bonds is 8. The highest BCUT2D eigenvalue weighted by atomic mass is 16.5. The van der Waals surface area contributed by atoms with Gasteiger partial charge in [0.05, 0.1) is 32.9 Å². The van der Waals surface area contributed by atoms with E-state index in [1.54, 1.807) is 0 Å². The van der Waals surface area contributed by atoms with Crippen LogP contribution in [0.5, 0.6) is 0 Å². The predicted molar refractivity (Wildman–Crippen MR) is 140 cm³/mol. The number of ether oxygens (including phenoxy) is 1. The maximum absolute atomic E-state index is 12.9. The largest absolute Gasteiger partial charge is 0.469 e. The van der Waals surface area contributed by atoms with Gasteiger partial charge in [0, 0.05) is 5.56 Å². The molecule has 0 spiro atoms. The molecule has 1 aromatic carbocycles. The van der Waals surface area contributed by atoms with Crippen molar-refractivity contribution in [1.82, 2.24) is 0 Å². The van der Waals surface area contributed by atoms with Gasteiger partial charge in [-0.3, -0.25) is 4.79 Å². The highest BCUT2D eigenvalue weighted by molar-refractivity contribution is 5.77. The molecule has 0 radical (unpaired) electrons. The van der Waals surface area contributed by atoms with Gasteiger partial charge < -0.3 is 13.6 Å². The maximum Gasteiger partial charge on any atom is 0.311 e. The zero-order valence-corrected chi connectivity index (χ0v) is 22.4. The van der Waals surface area contributed by atoms with E-state index in [4.69, 9.17) is 9.15 Å². The molecular formula is C31H44NO3+. The number of carbonyl (C=O) groups excluding carboxylic acids is 1. The molecule has 0 unspecified atom stereocenters. The van der Waals surface area contributed by atoms with Crippen molar-refractivity contribution in [2.75, 3.05) is 21.2 Å². The van der Waals surface area contributed by atoms with Crippen molar-refractivity contribution >= 4 is 5.97 Å². The Kier molecular flexibility index (Phi) is 7.33. The maximum atomic E-state index is 12.9. The van der Waals surface area contributed by atoms with Crippen LogP contribution in [-0.4, -0.2) is 31.7 Å². The van der Waals surface area contributed by atoms with Crippen LogP contribution in [0.25, 0.3) is 0 Å². The summed E-state index contributed by atoms with van der Waals surface area (Å²) in [5.41, 5.74) is 3.72. The Morgan fingerprint density at radius 3 is 2.60 bits per heavy atom. The SMILES string of the molecule is C=C1CC[C@@H]2[C@](C)(CCC[C@]2(C)C(=O)OC)[C@H]1CCc1ccoc1C[N+](C)(C)Cc1ccccc1. The lowest BCUT2D eigenvalue weighted by Crippen LogP contribution is -2.53. The number of benzene rings is 1. The average molecular weight is 479 g/mol. The summed E-state index contributed by atoms with van der Waals surface area (Å²) in [6.45, 7) is 10.9. The van der Waals surface area contributed by atoms with Gasteiger partial charge in [-0.15, -0.1) is 0 Å². The smallest absolute Gasteiger partial charge is 0.311 e. The van der Waals surface area contributed by atoms with E-state index in [-0.39, 0.29) is 16.8 Å². The quantitative estimate of drug-likeness (QED) is 0.234. The zero-order chi connectivity index (χ0) is 25.3. The average Bonchev–Trinajstić information content (AvgIpc) is 3.24. The van der Waals surface area contributed by atoms with Crippen LogP contribution in [0, 0.1) is 22.7 Å². The second-order valence-electron chi connectivity index (χ2n) is 12.2. The molecule has 1 aromatic heterocycles. The van der Waals surface area contributed by atoms with Crippen LogP contribution in [0.15, 0.2) is 59.2 Å². The Balaban J connectivity index is 1.48. The third-order valence-electron chi connectivity index (χ3n) is 9.24. The highest BCUT2D eigenvalue weighted by Crippen LogP contribution is 2.62. The Morgan fingerprint density at radius 1 is 1.14 bits per heavy atom. The molecule has 2 saturated carbocycles. The predicted octanol–water partition coefficient (Wildman–Crippen LogP) is 6.94. The second kappa shape index (κ2) is 9.97. The molecule has 0 N–H and O–H groups in total. The monoisotopic (exact) mass is 478 g/mol. The van der Waals surface area contributed by atoms with Crippen LogP contribution in [-0.2, 0) is 29.0 Å². The minimum atomic E-state index is -0.388. The number of carbonyl (C=O) groups is 1. The standard InChI is InChI=1S/C31H44NO3/c1-23-13-16-28-30(2,18-10-19-31(28,3)29(33)34-6)26(23)15-14-25-17-20-35-27(25)22-32(4,5)21-24-11-8-7-9-12-24/h7-9,11-12,17,20,26,28H,1,10,13-16,18-19,21-22H2,2-6H3/q+1/t26-,28+,30+,31-/m0/s1. The Bertz CT molecular complexity index is 1040. The van der Waals surface area contributed by atoms with Crippen LogP contribution < -0.4 is 0 Å². The van der Waals surface area contributed by atoms with Gasteiger partial charge in [-0.05, 0) is 74.3 Å². The molecule has 0 amide bonds. The third kappa shape index (κ3) is 5.14. The van der Waals surface area contributed by atoms with Gasteiger partial charge in [-0.2, -0.15) is 0 Å². The minimum Gasteiger partial charge on any atom is -0.469 e. The molecule has 4 rings (SSSR count). The minimum absolute atomic E-state index is 0.0322. The summed E-state index contributed by atoms with van der Waals surface area (Å²) in [7, 11) is 6.07. The molecule has 0 saturated heterocycles. The van der Waals surface area contributed by atoms with Crippen molar-refractivity contribution < 1.29 is 18.4 Å². The third-order valence-corrected chi connectivity index (χ3v) is 9.24. The second-order valence-corrected chi connectivity index (χ2v) is 12.2. The number of allylic oxidation sites excluding steroid dienone is 1. The summed E-state index contributed by atoms with van der Waals surface area (Å²) in [5.74, 6) is 1.82. The number of hydrogen-bond acceptors (Lipinski definition) is 3. The molecule has 4 heteroatoms. The van der Waals surface area contributed by atoms with Gasteiger partial charge in [-0.1, -0.05) is 55.8 Å². The van der Waals surface area contributed by atoms with Crippen LogP contribution in [0.3, 0.4) is 0 Å². The van der Waals surface area contributed by atoms with Crippen molar-refractivity contribution in [1.29, 1.82) is 0 Å². The van der Waals surface area contributed by atoms with E-state index in [2.05, 4.69) is 70.9 Å². The van der Waals surface area contributed by atoms with E-state index in [9.17, 15) is 4.79 Å². The number of aryl methyl sites for hydroxylation is 1. The number of fused-ring (bicyclic) bond motifs is 1. The molecule has 0 aliphatic heterocycles. The number of methoxy groups -OCH3 is 1. The Morgan fingerprint density at radius 2 is 1.89 bits per heavy atom. The van der Waals surface area contributed by atoms with Crippen LogP contribution >= 0.6 is 0 Å². The highest BCUT2D eigenvalue weighted by Gasteiger charge is 2.57. The molecule has 2 fully saturated rings. The summed E-state index contributed by atoms with van der Waals surface area (Å²) in [6.07, 6.45) is 9.11. The van der Waals surface area contributed by atoms with Gasteiger partial charge in [0.25, 0.3) is 0 Å². The first-order valence-electron chi connectivity index (χ1n) is 13.3. The number of hydrogen-bond donors (Lipinski definition) is 0. The first-order valence-corrected chi connectivity index (χ1v) is 13.3. The molecule has 0 bridgehead atoms. The number of esters is 1. The van der Waals surface area contributed by atoms with Crippen LogP contribution in [0.2, 0.25) is 0 Å². The van der Waals surface area contributed by atoms with Crippen LogP contribution in [0.1, 0.15) is 69.3 Å². The van der Waals surface area contributed by atoms with E-state index in [0.29, 0.717) is 11.8 Å². The lowest BCUT2D eigenvalue weighted by atomic mass is 9.46. The normalized spacial score (nSPS) is 29.0. The molecule has 2 aliphatic carbocycles. The molecule has 2 aromatic rings. The summed E-state index contributed by atoms with van der Waals surface area (Å²) in [5, 5.41) is 0. The van der Waals surface area contributed by atoms with Gasteiger partial charge in [0.2, 0.25) is 0 Å². The van der Waals surface area contributed by atoms with Crippen molar-refractivity contribution in [2.24, 2.45) is 22.7 Å². The molecule has 2 aliphatic rings. The lowest BCUT2D eigenvalue weighted by Gasteiger charge is -2.57. The molecule has 4 atom stereocenters. The van der Waals surface area contributed by atoms with Crippen LogP contribution in [0.4, 0.5) is 0 Å². The lowest BCUT2D eigenvalue weighted by molar-refractivity contribution is -0.917. The first kappa shape index (κ1) is 25.8. The summed E-state index contributed by atoms with van der Waals surface area (Å²) >= 11 is 0. The van der Waals surface area contributed by atoms with Crippen molar-refractivity contribution in [3.8, 4) is 0 Å². The number of furan rings is 1.